The fourth-order valence-electron chi connectivity index (χ4n) is 4.78. The Labute approximate surface area is 145 Å². The van der Waals surface area contributed by atoms with E-state index in [9.17, 15) is 0 Å². The first-order chi connectivity index (χ1) is 11.5. The summed E-state index contributed by atoms with van der Waals surface area (Å²) in [5.74, 6) is 2.35. The van der Waals surface area contributed by atoms with Gasteiger partial charge in [0.2, 0.25) is 0 Å². The van der Waals surface area contributed by atoms with Gasteiger partial charge in [0.15, 0.2) is 5.96 Å². The van der Waals surface area contributed by atoms with Crippen molar-refractivity contribution < 1.29 is 0 Å². The highest BCUT2D eigenvalue weighted by atomic mass is 15.1. The molecule has 2 atom stereocenters. The largest absolute Gasteiger partial charge is 0.370 e. The number of nitrogens with zero attached hydrogens (tertiary/aromatic N) is 1. The third-order valence-electron chi connectivity index (χ3n) is 5.81. The van der Waals surface area contributed by atoms with Gasteiger partial charge >= 0.3 is 0 Å². The predicted octanol–water partition coefficient (Wildman–Crippen LogP) is 3.23. The van der Waals surface area contributed by atoms with Crippen molar-refractivity contribution in [2.24, 2.45) is 28.0 Å². The summed E-state index contributed by atoms with van der Waals surface area (Å²) in [4.78, 5) is 4.68. The molecule has 2 unspecified atom stereocenters. The summed E-state index contributed by atoms with van der Waals surface area (Å²) in [7, 11) is 0. The van der Waals surface area contributed by atoms with Crippen molar-refractivity contribution in [3.8, 4) is 0 Å². The van der Waals surface area contributed by atoms with Crippen molar-refractivity contribution in [3.63, 3.8) is 0 Å². The molecule has 0 radical (unpaired) electrons. The zero-order valence-corrected chi connectivity index (χ0v) is 15.1. The topological polar surface area (TPSA) is 50.4 Å². The number of nitrogens with two attached hydrogens (primary N) is 1. The van der Waals surface area contributed by atoms with Crippen LogP contribution in [0, 0.1) is 17.3 Å². The summed E-state index contributed by atoms with van der Waals surface area (Å²) in [5, 5.41) is 5.38. The molecule has 1 aromatic rings. The summed E-state index contributed by atoms with van der Waals surface area (Å²) in [6.07, 6.45) is 10.4. The average Bonchev–Trinajstić information content (AvgIpc) is 2.54. The van der Waals surface area contributed by atoms with Crippen molar-refractivity contribution in [2.75, 3.05) is 11.9 Å². The molecular formula is C21H31N3. The number of nitrogens with one attached hydrogen (secondary N) is 1. The maximum atomic E-state index is 6.14. The van der Waals surface area contributed by atoms with Crippen LogP contribution < -0.4 is 21.5 Å². The van der Waals surface area contributed by atoms with Gasteiger partial charge in [0.1, 0.15) is 0 Å². The summed E-state index contributed by atoms with van der Waals surface area (Å²) < 4.78 is 0. The zero-order valence-electron chi connectivity index (χ0n) is 15.1. The molecule has 2 aliphatic carbocycles. The average molecular weight is 326 g/mol. The Hall–Kier alpha value is -1.77. The molecule has 130 valence electrons. The number of aliphatic imine (C=N–C) groups is 1. The molecule has 24 heavy (non-hydrogen) atoms. The van der Waals surface area contributed by atoms with E-state index in [0.29, 0.717) is 11.4 Å². The maximum Gasteiger partial charge on any atom is 0.193 e. The van der Waals surface area contributed by atoms with Crippen LogP contribution in [0.3, 0.4) is 0 Å². The highest BCUT2D eigenvalue weighted by Crippen LogP contribution is 2.48. The van der Waals surface area contributed by atoms with E-state index in [1.54, 1.807) is 0 Å². The smallest absolute Gasteiger partial charge is 0.193 e. The monoisotopic (exact) mass is 325 g/mol. The molecule has 3 heteroatoms. The molecule has 1 aromatic carbocycles. The first-order valence-electron chi connectivity index (χ1n) is 9.30. The van der Waals surface area contributed by atoms with E-state index in [4.69, 9.17) is 5.73 Å². The third kappa shape index (κ3) is 4.00. The molecule has 0 spiro atoms. The first kappa shape index (κ1) is 17.1. The second-order valence-corrected chi connectivity index (χ2v) is 8.15. The molecule has 0 amide bonds. The van der Waals surface area contributed by atoms with Crippen LogP contribution in [0.25, 0.3) is 12.7 Å². The Morgan fingerprint density at radius 3 is 2.75 bits per heavy atom. The number of anilines is 1. The minimum Gasteiger partial charge on any atom is -0.370 e. The van der Waals surface area contributed by atoms with E-state index in [0.717, 1.165) is 34.5 Å². The molecule has 2 fully saturated rings. The molecule has 3 rings (SSSR count). The lowest BCUT2D eigenvalue weighted by Crippen LogP contribution is -2.37. The maximum absolute atomic E-state index is 6.14. The van der Waals surface area contributed by atoms with Crippen LogP contribution in [-0.4, -0.2) is 12.5 Å². The van der Waals surface area contributed by atoms with Gasteiger partial charge < -0.3 is 11.1 Å². The lowest BCUT2D eigenvalue weighted by molar-refractivity contribution is 0.0754. The van der Waals surface area contributed by atoms with Gasteiger partial charge in [0.25, 0.3) is 0 Å². The lowest BCUT2D eigenvalue weighted by Gasteiger charge is -2.44. The summed E-state index contributed by atoms with van der Waals surface area (Å²) in [6, 6.07) is 6.08. The van der Waals surface area contributed by atoms with E-state index in [1.165, 1.54) is 38.5 Å². The Kier molecular flexibility index (Phi) is 4.98. The molecular weight excluding hydrogens is 294 g/mol. The molecule has 3 N–H and O–H groups in total. The van der Waals surface area contributed by atoms with Crippen LogP contribution >= 0.6 is 0 Å². The lowest BCUT2D eigenvalue weighted by atomic mass is 9.61. The summed E-state index contributed by atoms with van der Waals surface area (Å²) in [5.41, 5.74) is 7.43. The molecule has 3 nitrogen and oxygen atoms in total. The summed E-state index contributed by atoms with van der Waals surface area (Å²) >= 11 is 0. The standard InChI is InChI=1S/C21H31N3/c1-4-18-11-19(9-8-15(18)2)24-20(22)23-14-21(3)12-16-6-5-7-17(10-16)13-21/h4,8-9,11,16-17H,2,5-7,10,12-14H2,1,3H3,(H3,22,23,24)/b18-4-. The summed E-state index contributed by atoms with van der Waals surface area (Å²) in [6.45, 7) is 9.28. The minimum atomic E-state index is 0.319. The molecule has 0 aromatic heterocycles. The number of fused-ring (bicyclic) bond motifs is 2. The van der Waals surface area contributed by atoms with Gasteiger partial charge in [-0.1, -0.05) is 44.9 Å². The van der Waals surface area contributed by atoms with Crippen molar-refractivity contribution in [1.29, 1.82) is 0 Å². The van der Waals surface area contributed by atoms with E-state index >= 15 is 0 Å². The van der Waals surface area contributed by atoms with E-state index in [1.807, 2.05) is 19.1 Å². The fraction of sp³-hybridized carbons (Fsp3) is 0.571. The number of hydrogen-bond acceptors (Lipinski definition) is 1. The Bertz CT molecular complexity index is 707. The first-order valence-corrected chi connectivity index (χ1v) is 9.30. The van der Waals surface area contributed by atoms with E-state index in [-0.39, 0.29) is 0 Å². The number of rotatable bonds is 3. The van der Waals surface area contributed by atoms with Crippen molar-refractivity contribution >= 4 is 24.3 Å². The molecule has 0 saturated heterocycles. The highest BCUT2D eigenvalue weighted by Gasteiger charge is 2.38. The third-order valence-corrected chi connectivity index (χ3v) is 5.81. The van der Waals surface area contributed by atoms with Gasteiger partial charge in [0.05, 0.1) is 0 Å². The number of guanidine groups is 1. The minimum absolute atomic E-state index is 0.319. The van der Waals surface area contributed by atoms with Crippen LogP contribution in [0.1, 0.15) is 52.4 Å². The van der Waals surface area contributed by atoms with Crippen molar-refractivity contribution in [1.82, 2.24) is 0 Å². The van der Waals surface area contributed by atoms with Gasteiger partial charge in [-0.15, -0.1) is 0 Å². The second-order valence-electron chi connectivity index (χ2n) is 8.15. The van der Waals surface area contributed by atoms with Crippen LogP contribution in [-0.2, 0) is 0 Å². The van der Waals surface area contributed by atoms with Crippen LogP contribution in [0.2, 0.25) is 0 Å². The molecule has 0 aliphatic heterocycles. The van der Waals surface area contributed by atoms with E-state index in [2.05, 4.69) is 36.0 Å². The van der Waals surface area contributed by atoms with Gasteiger partial charge in [0, 0.05) is 12.2 Å². The molecule has 2 saturated carbocycles. The van der Waals surface area contributed by atoms with Gasteiger partial charge in [-0.3, -0.25) is 4.99 Å². The quantitative estimate of drug-likeness (QED) is 0.662. The number of benzene rings is 1. The van der Waals surface area contributed by atoms with Crippen molar-refractivity contribution in [3.05, 3.63) is 28.6 Å². The molecule has 2 aliphatic rings. The SMILES string of the molecule is C=c1ccc(NC(N)=NCC2(C)CC3CCCC(C3)C2)c/c1=C/C. The second kappa shape index (κ2) is 7.00. The van der Waals surface area contributed by atoms with Gasteiger partial charge in [-0.25, -0.2) is 0 Å². The Balaban J connectivity index is 1.65. The molecule has 0 heterocycles. The Morgan fingerprint density at radius 1 is 1.38 bits per heavy atom. The molecule has 2 bridgehead atoms. The van der Waals surface area contributed by atoms with Gasteiger partial charge in [-0.05, 0) is 66.0 Å². The highest BCUT2D eigenvalue weighted by molar-refractivity contribution is 5.92. The van der Waals surface area contributed by atoms with Crippen LogP contribution in [0.4, 0.5) is 5.69 Å². The number of hydrogen-bond donors (Lipinski definition) is 2. The predicted molar refractivity (Wildman–Crippen MR) is 104 cm³/mol. The van der Waals surface area contributed by atoms with Gasteiger partial charge in [-0.2, -0.15) is 0 Å². The van der Waals surface area contributed by atoms with E-state index < -0.39 is 0 Å². The van der Waals surface area contributed by atoms with Crippen LogP contribution in [0.15, 0.2) is 23.2 Å². The normalized spacial score (nSPS) is 31.1. The van der Waals surface area contributed by atoms with Crippen LogP contribution in [0.5, 0.6) is 0 Å². The fourth-order valence-corrected chi connectivity index (χ4v) is 4.78. The zero-order chi connectivity index (χ0) is 17.2. The van der Waals surface area contributed by atoms with Crippen molar-refractivity contribution in [2.45, 2.75) is 52.4 Å². The Morgan fingerprint density at radius 2 is 2.08 bits per heavy atom.